The van der Waals surface area contributed by atoms with E-state index >= 15 is 0 Å². The van der Waals surface area contributed by atoms with Crippen molar-refractivity contribution in [1.29, 1.82) is 0 Å². The normalized spacial score (nSPS) is 20.5. The van der Waals surface area contributed by atoms with Crippen molar-refractivity contribution in [2.75, 3.05) is 6.54 Å². The van der Waals surface area contributed by atoms with Crippen LogP contribution in [0.5, 0.6) is 0 Å². The fourth-order valence-electron chi connectivity index (χ4n) is 3.02. The topological polar surface area (TPSA) is 37.4 Å². The zero-order chi connectivity index (χ0) is 14.3. The molecule has 1 atom stereocenters. The van der Waals surface area contributed by atoms with E-state index in [-0.39, 0.29) is 17.6 Å². The molecule has 0 saturated heterocycles. The Labute approximate surface area is 118 Å². The number of ketones is 2. The summed E-state index contributed by atoms with van der Waals surface area (Å²) in [6, 6.07) is 8.19. The molecule has 0 spiro atoms. The van der Waals surface area contributed by atoms with E-state index in [0.29, 0.717) is 11.1 Å². The third-order valence-corrected chi connectivity index (χ3v) is 4.04. The largest absolute Gasteiger partial charge is 0.365 e. The van der Waals surface area contributed by atoms with Crippen molar-refractivity contribution in [2.45, 2.75) is 26.3 Å². The molecule has 3 heteroatoms. The quantitative estimate of drug-likeness (QED) is 0.826. The van der Waals surface area contributed by atoms with E-state index in [2.05, 4.69) is 17.0 Å². The van der Waals surface area contributed by atoms with Gasteiger partial charge in [-0.3, -0.25) is 9.59 Å². The highest BCUT2D eigenvalue weighted by molar-refractivity contribution is 6.02. The Morgan fingerprint density at radius 2 is 1.90 bits per heavy atom. The maximum atomic E-state index is 12.0. The van der Waals surface area contributed by atoms with Crippen LogP contribution in [-0.4, -0.2) is 23.0 Å². The van der Waals surface area contributed by atoms with Crippen LogP contribution < -0.4 is 0 Å². The highest BCUT2D eigenvalue weighted by Gasteiger charge is 2.33. The third-order valence-electron chi connectivity index (χ3n) is 4.04. The Balaban J connectivity index is 2.13. The van der Waals surface area contributed by atoms with Gasteiger partial charge in [-0.15, -0.1) is 0 Å². The van der Waals surface area contributed by atoms with Gasteiger partial charge in [-0.1, -0.05) is 24.3 Å². The summed E-state index contributed by atoms with van der Waals surface area (Å²) in [6.45, 7) is 3.95. The molecule has 20 heavy (non-hydrogen) atoms. The van der Waals surface area contributed by atoms with Gasteiger partial charge >= 0.3 is 0 Å². The molecule has 0 N–H and O–H groups in total. The zero-order valence-corrected chi connectivity index (χ0v) is 11.7. The molecule has 2 heterocycles. The van der Waals surface area contributed by atoms with Gasteiger partial charge in [-0.25, -0.2) is 0 Å². The average molecular weight is 267 g/mol. The van der Waals surface area contributed by atoms with Gasteiger partial charge in [0.15, 0.2) is 11.6 Å². The fraction of sp³-hybridized carbons (Fsp3) is 0.294. The van der Waals surface area contributed by atoms with Crippen molar-refractivity contribution < 1.29 is 9.59 Å². The SMILES string of the molecule is CC(=O)C1=CN2CCc3ccccc3C2C(C(C)=O)=C1. The number of nitrogens with zero attached hydrogens (tertiary/aromatic N) is 1. The van der Waals surface area contributed by atoms with Crippen LogP contribution in [0.4, 0.5) is 0 Å². The minimum atomic E-state index is -0.0412. The van der Waals surface area contributed by atoms with E-state index in [0.717, 1.165) is 13.0 Å². The van der Waals surface area contributed by atoms with Gasteiger partial charge in [-0.05, 0) is 37.5 Å². The number of Topliss-reactive ketones (excluding diaryl/α,β-unsaturated/α-hetero) is 2. The number of benzene rings is 1. The molecule has 2 aliphatic heterocycles. The highest BCUT2D eigenvalue weighted by atomic mass is 16.1. The molecule has 1 aromatic rings. The van der Waals surface area contributed by atoms with Gasteiger partial charge in [0.25, 0.3) is 0 Å². The maximum Gasteiger partial charge on any atom is 0.161 e. The van der Waals surface area contributed by atoms with Crippen LogP contribution in [0.2, 0.25) is 0 Å². The summed E-state index contributed by atoms with van der Waals surface area (Å²) in [5.74, 6) is 0.0320. The summed E-state index contributed by atoms with van der Waals surface area (Å²) >= 11 is 0. The Kier molecular flexibility index (Phi) is 3.05. The first-order valence-electron chi connectivity index (χ1n) is 6.87. The van der Waals surface area contributed by atoms with E-state index in [9.17, 15) is 9.59 Å². The summed E-state index contributed by atoms with van der Waals surface area (Å²) < 4.78 is 0. The van der Waals surface area contributed by atoms with E-state index in [1.54, 1.807) is 13.0 Å². The van der Waals surface area contributed by atoms with Gasteiger partial charge in [0.05, 0.1) is 6.04 Å². The number of fused-ring (bicyclic) bond motifs is 3. The van der Waals surface area contributed by atoms with Gasteiger partial charge in [0, 0.05) is 23.9 Å². The van der Waals surface area contributed by atoms with Crippen LogP contribution in [0.15, 0.2) is 47.7 Å². The molecule has 3 nitrogen and oxygen atoms in total. The van der Waals surface area contributed by atoms with Gasteiger partial charge < -0.3 is 4.90 Å². The Hall–Kier alpha value is -2.16. The van der Waals surface area contributed by atoms with Crippen LogP contribution in [0.1, 0.15) is 31.0 Å². The van der Waals surface area contributed by atoms with Crippen molar-refractivity contribution in [2.24, 2.45) is 0 Å². The molecule has 0 fully saturated rings. The van der Waals surface area contributed by atoms with Crippen LogP contribution >= 0.6 is 0 Å². The second-order valence-electron chi connectivity index (χ2n) is 5.39. The molecular formula is C17H17NO2. The molecule has 3 rings (SSSR count). The lowest BCUT2D eigenvalue weighted by molar-refractivity contribution is -0.114. The fourth-order valence-corrected chi connectivity index (χ4v) is 3.02. The lowest BCUT2D eigenvalue weighted by atomic mass is 9.84. The Morgan fingerprint density at radius 3 is 2.60 bits per heavy atom. The first-order valence-corrected chi connectivity index (χ1v) is 6.87. The molecule has 0 aliphatic carbocycles. The Bertz CT molecular complexity index is 655. The molecule has 0 bridgehead atoms. The second kappa shape index (κ2) is 4.75. The molecule has 0 aromatic heterocycles. The van der Waals surface area contributed by atoms with Crippen LogP contribution in [0.25, 0.3) is 0 Å². The predicted octanol–water partition coefficient (Wildman–Crippen LogP) is 2.59. The summed E-state index contributed by atoms with van der Waals surface area (Å²) in [5, 5.41) is 0. The Morgan fingerprint density at radius 1 is 1.15 bits per heavy atom. The lowest BCUT2D eigenvalue weighted by Gasteiger charge is -2.40. The minimum Gasteiger partial charge on any atom is -0.365 e. The molecule has 2 aliphatic rings. The van der Waals surface area contributed by atoms with Crippen LogP contribution in [0.3, 0.4) is 0 Å². The summed E-state index contributed by atoms with van der Waals surface area (Å²) in [6.07, 6.45) is 4.60. The number of carbonyl (C=O) groups is 2. The lowest BCUT2D eigenvalue weighted by Crippen LogP contribution is -2.36. The maximum absolute atomic E-state index is 12.0. The number of carbonyl (C=O) groups excluding carboxylic acids is 2. The molecule has 1 aromatic carbocycles. The highest BCUT2D eigenvalue weighted by Crippen LogP contribution is 2.39. The molecular weight excluding hydrogens is 250 g/mol. The van der Waals surface area contributed by atoms with Gasteiger partial charge in [-0.2, -0.15) is 0 Å². The minimum absolute atomic E-state index is 0.000980. The average Bonchev–Trinajstić information content (AvgIpc) is 2.45. The van der Waals surface area contributed by atoms with Crippen molar-refractivity contribution in [3.8, 4) is 0 Å². The van der Waals surface area contributed by atoms with E-state index in [1.807, 2.05) is 18.3 Å². The zero-order valence-electron chi connectivity index (χ0n) is 11.7. The van der Waals surface area contributed by atoms with E-state index in [4.69, 9.17) is 0 Å². The number of hydrogen-bond donors (Lipinski definition) is 0. The van der Waals surface area contributed by atoms with Gasteiger partial charge in [0.2, 0.25) is 0 Å². The first-order chi connectivity index (χ1) is 9.58. The number of rotatable bonds is 2. The monoisotopic (exact) mass is 267 g/mol. The second-order valence-corrected chi connectivity index (χ2v) is 5.39. The van der Waals surface area contributed by atoms with E-state index < -0.39 is 0 Å². The van der Waals surface area contributed by atoms with Gasteiger partial charge in [0.1, 0.15) is 0 Å². The first kappa shape index (κ1) is 12.9. The van der Waals surface area contributed by atoms with Crippen molar-refractivity contribution in [3.63, 3.8) is 0 Å². The molecule has 1 unspecified atom stereocenters. The smallest absolute Gasteiger partial charge is 0.161 e. The van der Waals surface area contributed by atoms with Crippen molar-refractivity contribution in [1.82, 2.24) is 4.90 Å². The predicted molar refractivity (Wildman–Crippen MR) is 77.1 cm³/mol. The third kappa shape index (κ3) is 1.99. The van der Waals surface area contributed by atoms with Crippen molar-refractivity contribution in [3.05, 3.63) is 58.8 Å². The summed E-state index contributed by atoms with van der Waals surface area (Å²) in [7, 11) is 0. The number of allylic oxidation sites excluding steroid dienone is 2. The van der Waals surface area contributed by atoms with Crippen molar-refractivity contribution >= 4 is 11.6 Å². The molecule has 0 radical (unpaired) electrons. The number of hydrogen-bond acceptors (Lipinski definition) is 3. The molecule has 0 saturated carbocycles. The van der Waals surface area contributed by atoms with Crippen LogP contribution in [-0.2, 0) is 16.0 Å². The molecule has 102 valence electrons. The molecule has 0 amide bonds. The summed E-state index contributed by atoms with van der Waals surface area (Å²) in [5.41, 5.74) is 3.80. The standard InChI is InChI=1S/C17H17NO2/c1-11(19)14-9-16(12(2)20)17-15-6-4-3-5-13(15)7-8-18(17)10-14/h3-6,9-10,17H,7-8H2,1-2H3. The van der Waals surface area contributed by atoms with Crippen LogP contribution in [0, 0.1) is 0 Å². The summed E-state index contributed by atoms with van der Waals surface area (Å²) in [4.78, 5) is 25.8. The van der Waals surface area contributed by atoms with E-state index in [1.165, 1.54) is 18.1 Å².